The van der Waals surface area contributed by atoms with Crippen molar-refractivity contribution in [3.63, 3.8) is 0 Å². The van der Waals surface area contributed by atoms with Gasteiger partial charge in [0.25, 0.3) is 5.56 Å². The van der Waals surface area contributed by atoms with E-state index in [0.717, 1.165) is 16.5 Å². The predicted octanol–water partition coefficient (Wildman–Crippen LogP) is 2.33. The average Bonchev–Trinajstić information content (AvgIpc) is 2.76. The highest BCUT2D eigenvalue weighted by atomic mass is 32.2. The third kappa shape index (κ3) is 1.73. The minimum Gasteiger partial charge on any atom is -0.477 e. The Morgan fingerprint density at radius 1 is 1.42 bits per heavy atom. The van der Waals surface area contributed by atoms with Crippen molar-refractivity contribution in [2.75, 3.05) is 6.26 Å². The van der Waals surface area contributed by atoms with Crippen molar-refractivity contribution in [2.24, 2.45) is 0 Å². The Kier molecular flexibility index (Phi) is 2.79. The molecular weight excluding hydrogens is 284 g/mol. The van der Waals surface area contributed by atoms with E-state index in [-0.39, 0.29) is 10.6 Å². The Bertz CT molecular complexity index is 866. The molecule has 1 aromatic carbocycles. The number of hydrogen-bond acceptors (Lipinski definition) is 5. The lowest BCUT2D eigenvalue weighted by molar-refractivity contribution is 0.0690. The van der Waals surface area contributed by atoms with Crippen molar-refractivity contribution >= 4 is 44.2 Å². The van der Waals surface area contributed by atoms with Gasteiger partial charge in [-0.15, -0.1) is 11.8 Å². The lowest BCUT2D eigenvalue weighted by atomic mass is 10.3. The number of rotatable bonds is 2. The van der Waals surface area contributed by atoms with Crippen LogP contribution in [0.25, 0.3) is 15.2 Å². The standard InChI is InChI=1S/C12H8N2O3S2/c1-18-9-8(11(16)17)10(15)14-6-4-2-3-5-7(6)19-12(14)13-9/h2-5H,1H3,(H,16,17). The zero-order valence-corrected chi connectivity index (χ0v) is 11.4. The highest BCUT2D eigenvalue weighted by Gasteiger charge is 2.20. The van der Waals surface area contributed by atoms with Crippen molar-refractivity contribution < 1.29 is 9.90 Å². The van der Waals surface area contributed by atoms with Crippen LogP contribution in [0.3, 0.4) is 0 Å². The van der Waals surface area contributed by atoms with Gasteiger partial charge in [0.2, 0.25) is 0 Å². The molecule has 0 aliphatic heterocycles. The number of hydrogen-bond donors (Lipinski definition) is 1. The molecule has 0 bridgehead atoms. The predicted molar refractivity (Wildman–Crippen MR) is 75.6 cm³/mol. The summed E-state index contributed by atoms with van der Waals surface area (Å²) in [5.74, 6) is -1.24. The first-order valence-corrected chi connectivity index (χ1v) is 7.39. The number of carbonyl (C=O) groups is 1. The maximum absolute atomic E-state index is 12.4. The summed E-state index contributed by atoms with van der Waals surface area (Å²) in [6, 6.07) is 7.35. The summed E-state index contributed by atoms with van der Waals surface area (Å²) in [4.78, 5) is 28.4. The third-order valence-corrected chi connectivity index (χ3v) is 4.44. The molecule has 0 radical (unpaired) electrons. The summed E-state index contributed by atoms with van der Waals surface area (Å²) in [5.41, 5.74) is -0.108. The summed E-state index contributed by atoms with van der Waals surface area (Å²) in [6.45, 7) is 0. The molecule has 0 amide bonds. The molecule has 0 atom stereocenters. The van der Waals surface area contributed by atoms with E-state index < -0.39 is 11.5 Å². The minimum absolute atomic E-state index is 0.254. The lowest BCUT2D eigenvalue weighted by Crippen LogP contribution is -2.23. The Balaban J connectivity index is 2.57. The molecule has 0 unspecified atom stereocenters. The van der Waals surface area contributed by atoms with Gasteiger partial charge in [-0.05, 0) is 18.4 Å². The van der Waals surface area contributed by atoms with E-state index in [9.17, 15) is 14.7 Å². The molecule has 0 spiro atoms. The number of thioether (sulfide) groups is 1. The first kappa shape index (κ1) is 12.2. The number of benzene rings is 1. The Labute approximate surface area is 115 Å². The molecule has 0 aliphatic carbocycles. The number of carboxylic acid groups (broad SMARTS) is 1. The van der Waals surface area contributed by atoms with Gasteiger partial charge in [-0.1, -0.05) is 23.5 Å². The van der Waals surface area contributed by atoms with Crippen LogP contribution in [-0.2, 0) is 0 Å². The number of thiazole rings is 1. The highest BCUT2D eigenvalue weighted by molar-refractivity contribution is 7.98. The molecule has 19 heavy (non-hydrogen) atoms. The zero-order chi connectivity index (χ0) is 13.6. The number of para-hydroxylation sites is 1. The second-order valence-corrected chi connectivity index (χ2v) is 5.60. The lowest BCUT2D eigenvalue weighted by Gasteiger charge is -2.02. The molecule has 0 aliphatic rings. The molecule has 2 aromatic heterocycles. The Morgan fingerprint density at radius 2 is 2.16 bits per heavy atom. The maximum atomic E-state index is 12.4. The van der Waals surface area contributed by atoms with Crippen molar-refractivity contribution in [1.82, 2.24) is 9.38 Å². The van der Waals surface area contributed by atoms with Gasteiger partial charge in [0.05, 0.1) is 10.2 Å². The van der Waals surface area contributed by atoms with Crippen LogP contribution in [0, 0.1) is 0 Å². The topological polar surface area (TPSA) is 71.7 Å². The summed E-state index contributed by atoms with van der Waals surface area (Å²) in [5, 5.41) is 9.44. The van der Waals surface area contributed by atoms with Crippen molar-refractivity contribution in [3.05, 3.63) is 40.2 Å². The monoisotopic (exact) mass is 292 g/mol. The minimum atomic E-state index is -1.24. The SMILES string of the molecule is CSc1nc2sc3ccccc3n2c(=O)c1C(=O)O. The summed E-state index contributed by atoms with van der Waals surface area (Å²) in [7, 11) is 0. The van der Waals surface area contributed by atoms with E-state index in [2.05, 4.69) is 4.98 Å². The van der Waals surface area contributed by atoms with Crippen LogP contribution >= 0.6 is 23.1 Å². The van der Waals surface area contributed by atoms with E-state index in [1.807, 2.05) is 18.2 Å². The van der Waals surface area contributed by atoms with E-state index in [1.165, 1.54) is 15.7 Å². The van der Waals surface area contributed by atoms with Crippen LogP contribution < -0.4 is 5.56 Å². The first-order chi connectivity index (χ1) is 9.13. The van der Waals surface area contributed by atoms with Gasteiger partial charge >= 0.3 is 5.97 Å². The first-order valence-electron chi connectivity index (χ1n) is 5.35. The zero-order valence-electron chi connectivity index (χ0n) is 9.78. The molecule has 0 saturated heterocycles. The molecule has 5 nitrogen and oxygen atoms in total. The maximum Gasteiger partial charge on any atom is 0.344 e. The van der Waals surface area contributed by atoms with Gasteiger partial charge < -0.3 is 5.11 Å². The van der Waals surface area contributed by atoms with Crippen LogP contribution in [0.5, 0.6) is 0 Å². The van der Waals surface area contributed by atoms with Crippen LogP contribution in [0.4, 0.5) is 0 Å². The Morgan fingerprint density at radius 3 is 2.84 bits per heavy atom. The van der Waals surface area contributed by atoms with E-state index in [4.69, 9.17) is 0 Å². The average molecular weight is 292 g/mol. The van der Waals surface area contributed by atoms with Crippen molar-refractivity contribution in [2.45, 2.75) is 5.03 Å². The number of aromatic carboxylic acids is 1. The number of nitrogens with zero attached hydrogens (tertiary/aromatic N) is 2. The van der Waals surface area contributed by atoms with Crippen molar-refractivity contribution in [3.8, 4) is 0 Å². The Hall–Kier alpha value is -1.86. The van der Waals surface area contributed by atoms with Gasteiger partial charge in [0.15, 0.2) is 10.5 Å². The van der Waals surface area contributed by atoms with Gasteiger partial charge in [0.1, 0.15) is 5.03 Å². The smallest absolute Gasteiger partial charge is 0.344 e. The number of aromatic nitrogens is 2. The molecule has 0 fully saturated rings. The van der Waals surface area contributed by atoms with E-state index in [1.54, 1.807) is 12.3 Å². The molecular formula is C12H8N2O3S2. The van der Waals surface area contributed by atoms with Gasteiger partial charge in [-0.2, -0.15) is 0 Å². The van der Waals surface area contributed by atoms with Crippen LogP contribution in [0.1, 0.15) is 10.4 Å². The van der Waals surface area contributed by atoms with Gasteiger partial charge in [0, 0.05) is 0 Å². The molecule has 3 aromatic rings. The molecule has 96 valence electrons. The fraction of sp³-hybridized carbons (Fsp3) is 0.0833. The summed E-state index contributed by atoms with van der Waals surface area (Å²) >= 11 is 2.54. The number of fused-ring (bicyclic) bond motifs is 3. The molecule has 1 N–H and O–H groups in total. The quantitative estimate of drug-likeness (QED) is 0.580. The fourth-order valence-electron chi connectivity index (χ4n) is 1.92. The summed E-state index contributed by atoms with van der Waals surface area (Å²) < 4.78 is 2.27. The van der Waals surface area contributed by atoms with Crippen LogP contribution in [0.2, 0.25) is 0 Å². The van der Waals surface area contributed by atoms with Crippen molar-refractivity contribution in [1.29, 1.82) is 0 Å². The van der Waals surface area contributed by atoms with Crippen LogP contribution in [-0.4, -0.2) is 26.7 Å². The second-order valence-electron chi connectivity index (χ2n) is 3.79. The largest absolute Gasteiger partial charge is 0.477 e. The molecule has 7 heteroatoms. The highest BCUT2D eigenvalue weighted by Crippen LogP contribution is 2.26. The number of carboxylic acids is 1. The summed E-state index contributed by atoms with van der Waals surface area (Å²) in [6.07, 6.45) is 1.71. The normalized spacial score (nSPS) is 11.2. The molecule has 2 heterocycles. The molecule has 0 saturated carbocycles. The van der Waals surface area contributed by atoms with E-state index >= 15 is 0 Å². The fourth-order valence-corrected chi connectivity index (χ4v) is 3.55. The van der Waals surface area contributed by atoms with Gasteiger partial charge in [-0.25, -0.2) is 9.78 Å². The second kappa shape index (κ2) is 4.36. The van der Waals surface area contributed by atoms with Crippen LogP contribution in [0.15, 0.2) is 34.1 Å². The van der Waals surface area contributed by atoms with Gasteiger partial charge in [-0.3, -0.25) is 9.20 Å². The van der Waals surface area contributed by atoms with E-state index in [0.29, 0.717) is 10.5 Å². The third-order valence-electron chi connectivity index (χ3n) is 2.73. The molecule has 3 rings (SSSR count).